The summed E-state index contributed by atoms with van der Waals surface area (Å²) >= 11 is 7.91. The predicted molar refractivity (Wildman–Crippen MR) is 67.3 cm³/mol. The van der Waals surface area contributed by atoms with E-state index in [0.29, 0.717) is 5.15 Å². The molecule has 0 saturated carbocycles. The van der Waals surface area contributed by atoms with E-state index < -0.39 is 0 Å². The van der Waals surface area contributed by atoms with Gasteiger partial charge in [0.05, 0.1) is 11.7 Å². The van der Waals surface area contributed by atoms with Crippen LogP contribution in [0.25, 0.3) is 5.52 Å². The molecule has 0 spiro atoms. The van der Waals surface area contributed by atoms with Crippen LogP contribution in [0, 0.1) is 0 Å². The van der Waals surface area contributed by atoms with E-state index in [9.17, 15) is 0 Å². The molecule has 3 rings (SSSR count). The Labute approximate surface area is 102 Å². The van der Waals surface area contributed by atoms with Crippen LogP contribution in [0.3, 0.4) is 0 Å². The minimum atomic E-state index is 0.710. The van der Waals surface area contributed by atoms with Gasteiger partial charge in [-0.3, -0.25) is 4.40 Å². The molecule has 4 heteroatoms. The van der Waals surface area contributed by atoms with Gasteiger partial charge in [0.25, 0.3) is 0 Å². The lowest BCUT2D eigenvalue weighted by Gasteiger charge is -2.01. The average Bonchev–Trinajstić information content (AvgIpc) is 2.90. The van der Waals surface area contributed by atoms with Crippen molar-refractivity contribution in [2.75, 3.05) is 0 Å². The van der Waals surface area contributed by atoms with Crippen molar-refractivity contribution in [1.29, 1.82) is 0 Å². The fraction of sp³-hybridized carbons (Fsp3) is 0.0833. The molecule has 0 unspecified atom stereocenters. The van der Waals surface area contributed by atoms with Crippen LogP contribution in [-0.4, -0.2) is 9.38 Å². The van der Waals surface area contributed by atoms with E-state index in [-0.39, 0.29) is 0 Å². The Morgan fingerprint density at radius 1 is 1.25 bits per heavy atom. The Hall–Kier alpha value is -1.32. The molecule has 0 bridgehead atoms. The molecule has 3 aromatic heterocycles. The largest absolute Gasteiger partial charge is 0.287 e. The Bertz CT molecular complexity index is 613. The van der Waals surface area contributed by atoms with E-state index in [1.807, 2.05) is 28.8 Å². The van der Waals surface area contributed by atoms with E-state index in [1.54, 1.807) is 11.3 Å². The first-order valence-corrected chi connectivity index (χ1v) is 6.23. The van der Waals surface area contributed by atoms with Crippen molar-refractivity contribution in [3.8, 4) is 0 Å². The third-order valence-electron chi connectivity index (χ3n) is 2.49. The lowest BCUT2D eigenvalue weighted by molar-refractivity contribution is 0.974. The molecule has 3 heterocycles. The highest BCUT2D eigenvalue weighted by molar-refractivity contribution is 7.09. The Morgan fingerprint density at radius 2 is 2.19 bits per heavy atom. The molecule has 0 fully saturated rings. The van der Waals surface area contributed by atoms with Crippen LogP contribution in [0.2, 0.25) is 5.15 Å². The van der Waals surface area contributed by atoms with Crippen molar-refractivity contribution in [1.82, 2.24) is 9.38 Å². The lowest BCUT2D eigenvalue weighted by Crippen LogP contribution is -1.95. The van der Waals surface area contributed by atoms with Crippen molar-refractivity contribution in [3.05, 3.63) is 57.8 Å². The second-order valence-corrected chi connectivity index (χ2v) is 4.96. The van der Waals surface area contributed by atoms with Gasteiger partial charge in [0.15, 0.2) is 0 Å². The van der Waals surface area contributed by atoms with E-state index in [1.165, 1.54) is 4.88 Å². The topological polar surface area (TPSA) is 17.3 Å². The number of rotatable bonds is 2. The smallest absolute Gasteiger partial charge is 0.119 e. The van der Waals surface area contributed by atoms with Crippen molar-refractivity contribution < 1.29 is 0 Å². The molecule has 80 valence electrons. The number of imidazole rings is 1. The zero-order chi connectivity index (χ0) is 11.0. The summed E-state index contributed by atoms with van der Waals surface area (Å²) in [7, 11) is 0. The normalized spacial score (nSPS) is 11.1. The minimum Gasteiger partial charge on any atom is -0.287 e. The molecule has 0 amide bonds. The molecule has 0 radical (unpaired) electrons. The van der Waals surface area contributed by atoms with Gasteiger partial charge in [0.2, 0.25) is 0 Å². The van der Waals surface area contributed by atoms with Crippen LogP contribution >= 0.6 is 22.9 Å². The first-order valence-electron chi connectivity index (χ1n) is 4.98. The monoisotopic (exact) mass is 248 g/mol. The molecule has 0 atom stereocenters. The summed E-state index contributed by atoms with van der Waals surface area (Å²) in [6.45, 7) is 0. The third kappa shape index (κ3) is 1.62. The van der Waals surface area contributed by atoms with Crippen LogP contribution in [0.5, 0.6) is 0 Å². The Morgan fingerprint density at radius 3 is 3.00 bits per heavy atom. The van der Waals surface area contributed by atoms with Gasteiger partial charge in [-0.15, -0.1) is 11.3 Å². The first-order chi connectivity index (χ1) is 7.84. The van der Waals surface area contributed by atoms with Gasteiger partial charge in [-0.1, -0.05) is 23.7 Å². The van der Waals surface area contributed by atoms with Gasteiger partial charge in [-0.2, -0.15) is 0 Å². The molecule has 16 heavy (non-hydrogen) atoms. The van der Waals surface area contributed by atoms with Crippen molar-refractivity contribution in [3.63, 3.8) is 0 Å². The maximum absolute atomic E-state index is 6.17. The molecule has 3 aromatic rings. The maximum atomic E-state index is 6.17. The number of hydrogen-bond donors (Lipinski definition) is 0. The molecule has 2 nitrogen and oxygen atoms in total. The standard InChI is InChI=1S/C12H9ClN2S/c13-11-5-1-3-9-8-14-12(15(9)11)7-10-4-2-6-16-10/h1-6,8H,7H2. The highest BCUT2D eigenvalue weighted by atomic mass is 35.5. The summed E-state index contributed by atoms with van der Waals surface area (Å²) in [6, 6.07) is 10.00. The van der Waals surface area contributed by atoms with Crippen molar-refractivity contribution >= 4 is 28.5 Å². The van der Waals surface area contributed by atoms with E-state index >= 15 is 0 Å². The number of halogens is 1. The zero-order valence-corrected chi connectivity index (χ0v) is 10.0. The van der Waals surface area contributed by atoms with Gasteiger partial charge in [-0.25, -0.2) is 4.98 Å². The van der Waals surface area contributed by atoms with Gasteiger partial charge in [-0.05, 0) is 23.6 Å². The van der Waals surface area contributed by atoms with Crippen molar-refractivity contribution in [2.24, 2.45) is 0 Å². The minimum absolute atomic E-state index is 0.710. The Kier molecular flexibility index (Phi) is 2.42. The molecular weight excluding hydrogens is 240 g/mol. The fourth-order valence-corrected chi connectivity index (χ4v) is 2.73. The number of nitrogens with zero attached hydrogens (tertiary/aromatic N) is 2. The SMILES string of the molecule is Clc1cccc2cnc(Cc3cccs3)n12. The second-order valence-electron chi connectivity index (χ2n) is 3.54. The van der Waals surface area contributed by atoms with Gasteiger partial charge in [0.1, 0.15) is 11.0 Å². The quantitative estimate of drug-likeness (QED) is 0.633. The van der Waals surface area contributed by atoms with E-state index in [4.69, 9.17) is 11.6 Å². The number of aromatic nitrogens is 2. The van der Waals surface area contributed by atoms with Crippen LogP contribution in [0.4, 0.5) is 0 Å². The summed E-state index contributed by atoms with van der Waals surface area (Å²) in [5.41, 5.74) is 1.04. The number of pyridine rings is 1. The highest BCUT2D eigenvalue weighted by Crippen LogP contribution is 2.19. The summed E-state index contributed by atoms with van der Waals surface area (Å²) in [6.07, 6.45) is 2.68. The fourth-order valence-electron chi connectivity index (χ4n) is 1.76. The number of thiophene rings is 1. The van der Waals surface area contributed by atoms with Crippen molar-refractivity contribution in [2.45, 2.75) is 6.42 Å². The molecular formula is C12H9ClN2S. The van der Waals surface area contributed by atoms with Gasteiger partial charge < -0.3 is 0 Å². The first kappa shape index (κ1) is 9.87. The van der Waals surface area contributed by atoms with Crippen LogP contribution in [0.1, 0.15) is 10.7 Å². The molecule has 0 aliphatic carbocycles. The predicted octanol–water partition coefficient (Wildman–Crippen LogP) is 3.64. The summed E-state index contributed by atoms with van der Waals surface area (Å²) in [4.78, 5) is 5.71. The zero-order valence-electron chi connectivity index (χ0n) is 8.43. The summed E-state index contributed by atoms with van der Waals surface area (Å²) < 4.78 is 1.99. The van der Waals surface area contributed by atoms with Gasteiger partial charge in [0, 0.05) is 11.3 Å². The van der Waals surface area contributed by atoms with E-state index in [0.717, 1.165) is 17.8 Å². The average molecular weight is 249 g/mol. The highest BCUT2D eigenvalue weighted by Gasteiger charge is 2.07. The van der Waals surface area contributed by atoms with Crippen LogP contribution in [0.15, 0.2) is 41.9 Å². The third-order valence-corrected chi connectivity index (χ3v) is 3.66. The summed E-state index contributed by atoms with van der Waals surface area (Å²) in [5, 5.41) is 2.79. The second kappa shape index (κ2) is 3.92. The number of fused-ring (bicyclic) bond motifs is 1. The maximum Gasteiger partial charge on any atom is 0.119 e. The lowest BCUT2D eigenvalue weighted by atomic mass is 10.3. The molecule has 0 N–H and O–H groups in total. The molecule has 0 aromatic carbocycles. The molecule has 0 aliphatic rings. The summed E-state index contributed by atoms with van der Waals surface area (Å²) in [5.74, 6) is 0.989. The van der Waals surface area contributed by atoms with E-state index in [2.05, 4.69) is 22.5 Å². The van der Waals surface area contributed by atoms with Gasteiger partial charge >= 0.3 is 0 Å². The number of hydrogen-bond acceptors (Lipinski definition) is 2. The molecule has 0 aliphatic heterocycles. The van der Waals surface area contributed by atoms with Crippen LogP contribution in [-0.2, 0) is 6.42 Å². The molecule has 0 saturated heterocycles. The van der Waals surface area contributed by atoms with Crippen LogP contribution < -0.4 is 0 Å². The Balaban J connectivity index is 2.10.